The van der Waals surface area contributed by atoms with Crippen LogP contribution in [0.3, 0.4) is 0 Å². The fourth-order valence-electron chi connectivity index (χ4n) is 1.83. The van der Waals surface area contributed by atoms with Crippen LogP contribution in [-0.2, 0) is 0 Å². The zero-order valence-electron chi connectivity index (χ0n) is 10.2. The van der Waals surface area contributed by atoms with E-state index in [4.69, 9.17) is 0 Å². The fraction of sp³-hybridized carbons (Fsp3) is 0.214. The van der Waals surface area contributed by atoms with Crippen molar-refractivity contribution in [3.05, 3.63) is 42.0 Å². The number of hydrogen-bond donors (Lipinski definition) is 3. The summed E-state index contributed by atoms with van der Waals surface area (Å²) in [5.41, 5.74) is 0.310. The van der Waals surface area contributed by atoms with Crippen molar-refractivity contribution in [2.24, 2.45) is 0 Å². The van der Waals surface area contributed by atoms with E-state index < -0.39 is 0 Å². The number of phenolic OH excluding ortho intramolecular Hbond substituents is 1. The van der Waals surface area contributed by atoms with Crippen molar-refractivity contribution in [3.8, 4) is 5.75 Å². The van der Waals surface area contributed by atoms with Crippen LogP contribution >= 0.6 is 0 Å². The van der Waals surface area contributed by atoms with Crippen molar-refractivity contribution in [3.63, 3.8) is 0 Å². The van der Waals surface area contributed by atoms with E-state index in [1.54, 1.807) is 12.1 Å². The Morgan fingerprint density at radius 3 is 2.72 bits per heavy atom. The minimum atomic E-state index is -0.256. The first-order chi connectivity index (χ1) is 8.74. The zero-order valence-corrected chi connectivity index (χ0v) is 10.2. The summed E-state index contributed by atoms with van der Waals surface area (Å²) in [6, 6.07) is 10.9. The normalized spacial score (nSPS) is 10.5. The number of carbonyl (C=O) groups excluding carboxylic acids is 1. The molecule has 0 radical (unpaired) electrons. The molecule has 3 N–H and O–H groups in total. The molecule has 4 heteroatoms. The lowest BCUT2D eigenvalue weighted by Gasteiger charge is -2.08. The van der Waals surface area contributed by atoms with Gasteiger partial charge in [-0.15, -0.1) is 0 Å². The largest absolute Gasteiger partial charge is 0.506 e. The second kappa shape index (κ2) is 5.51. The lowest BCUT2D eigenvalue weighted by molar-refractivity contribution is 0.0952. The number of amides is 1. The highest BCUT2D eigenvalue weighted by atomic mass is 16.3. The summed E-state index contributed by atoms with van der Waals surface area (Å²) in [7, 11) is 1.82. The molecule has 94 valence electrons. The maximum absolute atomic E-state index is 11.9. The zero-order chi connectivity index (χ0) is 13.0. The number of benzene rings is 2. The van der Waals surface area contributed by atoms with Gasteiger partial charge in [-0.05, 0) is 18.5 Å². The predicted octanol–water partition coefficient (Wildman–Crippen LogP) is 1.49. The van der Waals surface area contributed by atoms with Crippen LogP contribution < -0.4 is 10.6 Å². The average Bonchev–Trinajstić information content (AvgIpc) is 2.39. The van der Waals surface area contributed by atoms with Crippen LogP contribution in [0.25, 0.3) is 10.8 Å². The van der Waals surface area contributed by atoms with Gasteiger partial charge in [-0.3, -0.25) is 4.79 Å². The van der Waals surface area contributed by atoms with Gasteiger partial charge in [0.15, 0.2) is 0 Å². The Morgan fingerprint density at radius 2 is 1.94 bits per heavy atom. The quantitative estimate of drug-likeness (QED) is 0.714. The first-order valence-corrected chi connectivity index (χ1v) is 5.87. The summed E-state index contributed by atoms with van der Waals surface area (Å²) < 4.78 is 0. The number of carbonyl (C=O) groups is 1. The molecule has 0 unspecified atom stereocenters. The Labute approximate surface area is 106 Å². The van der Waals surface area contributed by atoms with Gasteiger partial charge in [0, 0.05) is 18.5 Å². The van der Waals surface area contributed by atoms with Crippen molar-refractivity contribution in [1.29, 1.82) is 0 Å². The molecule has 18 heavy (non-hydrogen) atoms. The van der Waals surface area contributed by atoms with Crippen LogP contribution in [0.15, 0.2) is 36.4 Å². The van der Waals surface area contributed by atoms with Crippen molar-refractivity contribution in [2.45, 2.75) is 0 Å². The number of fused-ring (bicyclic) bond motifs is 1. The molecule has 0 heterocycles. The van der Waals surface area contributed by atoms with Crippen molar-refractivity contribution in [1.82, 2.24) is 10.6 Å². The molecule has 0 saturated heterocycles. The van der Waals surface area contributed by atoms with Crippen molar-refractivity contribution in [2.75, 3.05) is 20.1 Å². The standard InChI is InChI=1S/C14H16N2O2/c1-15-8-9-16-14(18)12-7-6-10-4-2-3-5-11(10)13(12)17/h2-7,15,17H,8-9H2,1H3,(H,16,18). The van der Waals surface area contributed by atoms with Crippen molar-refractivity contribution >= 4 is 16.7 Å². The second-order valence-corrected chi connectivity index (χ2v) is 4.04. The summed E-state index contributed by atoms with van der Waals surface area (Å²) in [4.78, 5) is 11.9. The van der Waals surface area contributed by atoms with Gasteiger partial charge in [-0.25, -0.2) is 0 Å². The summed E-state index contributed by atoms with van der Waals surface area (Å²) in [6.07, 6.45) is 0. The Kier molecular flexibility index (Phi) is 3.79. The third kappa shape index (κ3) is 2.43. The number of nitrogens with one attached hydrogen (secondary N) is 2. The smallest absolute Gasteiger partial charge is 0.255 e. The molecule has 2 rings (SSSR count). The number of likely N-dealkylation sites (N-methyl/N-ethyl adjacent to an activating group) is 1. The summed E-state index contributed by atoms with van der Waals surface area (Å²) in [5, 5.41) is 17.4. The number of rotatable bonds is 4. The van der Waals surface area contributed by atoms with E-state index in [9.17, 15) is 9.90 Å². The van der Waals surface area contributed by atoms with E-state index in [0.717, 1.165) is 5.39 Å². The van der Waals surface area contributed by atoms with Gasteiger partial charge in [0.2, 0.25) is 0 Å². The molecule has 0 fully saturated rings. The second-order valence-electron chi connectivity index (χ2n) is 4.04. The van der Waals surface area contributed by atoms with Gasteiger partial charge in [0.1, 0.15) is 5.75 Å². The van der Waals surface area contributed by atoms with Gasteiger partial charge in [0.05, 0.1) is 5.56 Å². The first-order valence-electron chi connectivity index (χ1n) is 5.87. The van der Waals surface area contributed by atoms with Crippen LogP contribution in [0.1, 0.15) is 10.4 Å². The van der Waals surface area contributed by atoms with E-state index in [-0.39, 0.29) is 11.7 Å². The molecule has 1 amide bonds. The van der Waals surface area contributed by atoms with Gasteiger partial charge in [-0.2, -0.15) is 0 Å². The lowest BCUT2D eigenvalue weighted by atomic mass is 10.0. The van der Waals surface area contributed by atoms with Gasteiger partial charge >= 0.3 is 0 Å². The van der Waals surface area contributed by atoms with Gasteiger partial charge in [0.25, 0.3) is 5.91 Å². The SMILES string of the molecule is CNCCNC(=O)c1ccc2ccccc2c1O. The summed E-state index contributed by atoms with van der Waals surface area (Å²) in [5.74, 6) is -0.219. The van der Waals surface area contributed by atoms with Gasteiger partial charge in [-0.1, -0.05) is 30.3 Å². The highest BCUT2D eigenvalue weighted by Crippen LogP contribution is 2.28. The lowest BCUT2D eigenvalue weighted by Crippen LogP contribution is -2.30. The number of hydrogen-bond acceptors (Lipinski definition) is 3. The molecule has 0 atom stereocenters. The summed E-state index contributed by atoms with van der Waals surface area (Å²) in [6.45, 7) is 1.22. The molecular weight excluding hydrogens is 228 g/mol. The van der Waals surface area contributed by atoms with Crippen LogP contribution in [-0.4, -0.2) is 31.2 Å². The predicted molar refractivity (Wildman–Crippen MR) is 71.9 cm³/mol. The first kappa shape index (κ1) is 12.4. The third-order valence-corrected chi connectivity index (χ3v) is 2.81. The molecule has 0 aliphatic rings. The molecule has 0 saturated carbocycles. The van der Waals surface area contributed by atoms with E-state index in [1.807, 2.05) is 31.3 Å². The minimum absolute atomic E-state index is 0.0371. The molecule has 0 bridgehead atoms. The number of phenols is 1. The van der Waals surface area contributed by atoms with Crippen molar-refractivity contribution < 1.29 is 9.90 Å². The monoisotopic (exact) mass is 244 g/mol. The van der Waals surface area contributed by atoms with Crippen LogP contribution in [0.2, 0.25) is 0 Å². The third-order valence-electron chi connectivity index (χ3n) is 2.81. The van der Waals surface area contributed by atoms with Crippen LogP contribution in [0, 0.1) is 0 Å². The highest BCUT2D eigenvalue weighted by molar-refractivity contribution is 6.03. The molecule has 0 spiro atoms. The molecule has 2 aromatic rings. The maximum Gasteiger partial charge on any atom is 0.255 e. The Morgan fingerprint density at radius 1 is 1.17 bits per heavy atom. The summed E-state index contributed by atoms with van der Waals surface area (Å²) >= 11 is 0. The minimum Gasteiger partial charge on any atom is -0.506 e. The molecular formula is C14H16N2O2. The molecule has 0 aliphatic carbocycles. The van der Waals surface area contributed by atoms with E-state index in [2.05, 4.69) is 10.6 Å². The topological polar surface area (TPSA) is 61.4 Å². The number of aromatic hydroxyl groups is 1. The maximum atomic E-state index is 11.9. The Hall–Kier alpha value is -2.07. The van der Waals surface area contributed by atoms with Gasteiger partial charge < -0.3 is 15.7 Å². The van der Waals surface area contributed by atoms with Crippen LogP contribution in [0.4, 0.5) is 0 Å². The molecule has 0 aromatic heterocycles. The Bertz CT molecular complexity index is 567. The van der Waals surface area contributed by atoms with E-state index >= 15 is 0 Å². The average molecular weight is 244 g/mol. The van der Waals surface area contributed by atoms with E-state index in [0.29, 0.717) is 24.0 Å². The highest BCUT2D eigenvalue weighted by Gasteiger charge is 2.12. The molecule has 2 aromatic carbocycles. The van der Waals surface area contributed by atoms with E-state index in [1.165, 1.54) is 0 Å². The van der Waals surface area contributed by atoms with Crippen LogP contribution in [0.5, 0.6) is 5.75 Å². The molecule has 4 nitrogen and oxygen atoms in total. The molecule has 0 aliphatic heterocycles. The Balaban J connectivity index is 2.28. The fourth-order valence-corrected chi connectivity index (χ4v) is 1.83.